The van der Waals surface area contributed by atoms with Crippen LogP contribution in [0.3, 0.4) is 0 Å². The maximum atomic E-state index is 6.06. The Morgan fingerprint density at radius 3 is 1.67 bits per heavy atom. The van der Waals surface area contributed by atoms with Crippen molar-refractivity contribution in [2.75, 3.05) is 4.90 Å². The zero-order valence-corrected chi connectivity index (χ0v) is 22.9. The van der Waals surface area contributed by atoms with E-state index in [2.05, 4.69) is 157 Å². The average Bonchev–Trinajstić information content (AvgIpc) is 3.44. The minimum Gasteiger partial charge on any atom is -0.456 e. The van der Waals surface area contributed by atoms with E-state index < -0.39 is 0 Å². The van der Waals surface area contributed by atoms with Crippen LogP contribution in [0.2, 0.25) is 0 Å². The lowest BCUT2D eigenvalue weighted by Crippen LogP contribution is -2.10. The minimum absolute atomic E-state index is 0.914. The maximum Gasteiger partial charge on any atom is 0.135 e. The van der Waals surface area contributed by atoms with Crippen molar-refractivity contribution in [3.8, 4) is 22.3 Å². The molecule has 8 aromatic rings. The van der Waals surface area contributed by atoms with E-state index in [4.69, 9.17) is 4.42 Å². The van der Waals surface area contributed by atoms with Crippen LogP contribution in [-0.2, 0) is 0 Å². The van der Waals surface area contributed by atoms with E-state index in [1.165, 1.54) is 33.0 Å². The summed E-state index contributed by atoms with van der Waals surface area (Å²) in [5.41, 5.74) is 9.97. The van der Waals surface area contributed by atoms with Gasteiger partial charge in [-0.1, -0.05) is 115 Å². The first kappa shape index (κ1) is 24.2. The fraction of sp³-hybridized carbons (Fsp3) is 0. The highest BCUT2D eigenvalue weighted by molar-refractivity contribution is 6.06. The van der Waals surface area contributed by atoms with Crippen molar-refractivity contribution in [1.82, 2.24) is 0 Å². The number of fused-ring (bicyclic) bond motifs is 4. The van der Waals surface area contributed by atoms with Crippen LogP contribution in [0.25, 0.3) is 55.0 Å². The van der Waals surface area contributed by atoms with E-state index in [-0.39, 0.29) is 0 Å². The van der Waals surface area contributed by atoms with Crippen LogP contribution in [0.1, 0.15) is 0 Å². The van der Waals surface area contributed by atoms with Gasteiger partial charge in [-0.15, -0.1) is 0 Å². The predicted molar refractivity (Wildman–Crippen MR) is 177 cm³/mol. The minimum atomic E-state index is 0.914. The van der Waals surface area contributed by atoms with Gasteiger partial charge < -0.3 is 9.32 Å². The third-order valence-electron chi connectivity index (χ3n) is 8.08. The Morgan fingerprint density at radius 2 is 0.905 bits per heavy atom. The van der Waals surface area contributed by atoms with Gasteiger partial charge in [0.15, 0.2) is 0 Å². The number of benzene rings is 7. The van der Waals surface area contributed by atoms with Crippen molar-refractivity contribution in [1.29, 1.82) is 0 Å². The third-order valence-corrected chi connectivity index (χ3v) is 8.08. The second-order valence-corrected chi connectivity index (χ2v) is 10.6. The predicted octanol–water partition coefficient (Wildman–Crippen LogP) is 11.5. The molecule has 7 aromatic carbocycles. The van der Waals surface area contributed by atoms with Gasteiger partial charge >= 0.3 is 0 Å². The summed E-state index contributed by atoms with van der Waals surface area (Å²) in [6, 6.07) is 58.1. The molecular formula is C40H27NO. The number of anilines is 3. The van der Waals surface area contributed by atoms with Crippen LogP contribution in [0.5, 0.6) is 0 Å². The molecule has 1 aromatic heterocycles. The van der Waals surface area contributed by atoms with Gasteiger partial charge in [0, 0.05) is 27.5 Å². The molecular weight excluding hydrogens is 510 g/mol. The first-order valence-corrected chi connectivity index (χ1v) is 14.3. The van der Waals surface area contributed by atoms with Crippen LogP contribution in [-0.4, -0.2) is 0 Å². The summed E-state index contributed by atoms with van der Waals surface area (Å²) in [7, 11) is 0. The highest BCUT2D eigenvalue weighted by Crippen LogP contribution is 2.40. The molecule has 2 nitrogen and oxygen atoms in total. The number of para-hydroxylation sites is 1. The smallest absolute Gasteiger partial charge is 0.135 e. The van der Waals surface area contributed by atoms with Crippen molar-refractivity contribution in [2.24, 2.45) is 0 Å². The molecule has 0 aliphatic carbocycles. The quantitative estimate of drug-likeness (QED) is 0.217. The van der Waals surface area contributed by atoms with Gasteiger partial charge in [-0.2, -0.15) is 0 Å². The molecule has 42 heavy (non-hydrogen) atoms. The van der Waals surface area contributed by atoms with E-state index in [1.54, 1.807) is 0 Å². The summed E-state index contributed by atoms with van der Waals surface area (Å²) in [4.78, 5) is 2.35. The standard InChI is InChI=1S/C40H27NO/c1-2-9-28(10-3-1)29-17-22-33(23-18-29)41(38-15-8-12-31-11-4-5-13-35(31)38)34-24-19-30(20-25-34)32-21-26-40-37(27-32)36-14-6-7-16-39(36)42-40/h1-27H. The normalized spacial score (nSPS) is 11.3. The van der Waals surface area contributed by atoms with Crippen molar-refractivity contribution >= 4 is 49.8 Å². The van der Waals surface area contributed by atoms with E-state index in [0.29, 0.717) is 0 Å². The van der Waals surface area contributed by atoms with E-state index in [1.807, 2.05) is 12.1 Å². The Balaban J connectivity index is 1.22. The number of rotatable bonds is 5. The summed E-state index contributed by atoms with van der Waals surface area (Å²) in [6.45, 7) is 0. The molecule has 0 saturated carbocycles. The van der Waals surface area contributed by atoms with Crippen molar-refractivity contribution in [3.05, 3.63) is 164 Å². The molecule has 0 unspecified atom stereocenters. The second kappa shape index (κ2) is 10.1. The van der Waals surface area contributed by atoms with Crippen molar-refractivity contribution < 1.29 is 4.42 Å². The monoisotopic (exact) mass is 537 g/mol. The van der Waals surface area contributed by atoms with Gasteiger partial charge in [0.2, 0.25) is 0 Å². The molecule has 0 aliphatic heterocycles. The van der Waals surface area contributed by atoms with Crippen LogP contribution in [0.4, 0.5) is 17.1 Å². The topological polar surface area (TPSA) is 16.4 Å². The van der Waals surface area contributed by atoms with Crippen LogP contribution in [0, 0.1) is 0 Å². The molecule has 1 heterocycles. The van der Waals surface area contributed by atoms with Crippen LogP contribution in [0.15, 0.2) is 168 Å². The Kier molecular flexibility index (Phi) is 5.82. The molecule has 0 fully saturated rings. The summed E-state index contributed by atoms with van der Waals surface area (Å²) in [5, 5.41) is 4.72. The Morgan fingerprint density at radius 1 is 0.357 bits per heavy atom. The molecule has 8 rings (SSSR count). The van der Waals surface area contributed by atoms with Crippen molar-refractivity contribution in [2.45, 2.75) is 0 Å². The highest BCUT2D eigenvalue weighted by atomic mass is 16.3. The molecule has 0 amide bonds. The van der Waals surface area contributed by atoms with Crippen molar-refractivity contribution in [3.63, 3.8) is 0 Å². The SMILES string of the molecule is c1ccc(-c2ccc(N(c3ccc(-c4ccc5oc6ccccc6c5c4)cc3)c3cccc4ccccc34)cc2)cc1. The van der Waals surface area contributed by atoms with Gasteiger partial charge in [-0.05, 0) is 76.2 Å². The summed E-state index contributed by atoms with van der Waals surface area (Å²) < 4.78 is 6.06. The van der Waals surface area contributed by atoms with Gasteiger partial charge in [0.1, 0.15) is 11.2 Å². The van der Waals surface area contributed by atoms with E-state index in [0.717, 1.165) is 39.0 Å². The largest absolute Gasteiger partial charge is 0.456 e. The second-order valence-electron chi connectivity index (χ2n) is 10.6. The molecule has 0 aliphatic rings. The number of nitrogens with zero attached hydrogens (tertiary/aromatic N) is 1. The number of hydrogen-bond donors (Lipinski definition) is 0. The number of hydrogen-bond acceptors (Lipinski definition) is 2. The fourth-order valence-electron chi connectivity index (χ4n) is 5.97. The zero-order valence-electron chi connectivity index (χ0n) is 22.9. The molecule has 0 N–H and O–H groups in total. The summed E-state index contributed by atoms with van der Waals surface area (Å²) in [6.07, 6.45) is 0. The summed E-state index contributed by atoms with van der Waals surface area (Å²) >= 11 is 0. The van der Waals surface area contributed by atoms with Gasteiger partial charge in [0.25, 0.3) is 0 Å². The first-order chi connectivity index (χ1) is 20.8. The molecule has 0 atom stereocenters. The molecule has 0 radical (unpaired) electrons. The Hall–Kier alpha value is -5.60. The summed E-state index contributed by atoms with van der Waals surface area (Å²) in [5.74, 6) is 0. The first-order valence-electron chi connectivity index (χ1n) is 14.3. The van der Waals surface area contributed by atoms with Gasteiger partial charge in [-0.3, -0.25) is 0 Å². The molecule has 0 bridgehead atoms. The van der Waals surface area contributed by atoms with E-state index >= 15 is 0 Å². The Labute approximate surface area is 244 Å². The van der Waals surface area contributed by atoms with Gasteiger partial charge in [-0.25, -0.2) is 0 Å². The molecule has 0 saturated heterocycles. The van der Waals surface area contributed by atoms with Gasteiger partial charge in [0.05, 0.1) is 5.69 Å². The fourth-order valence-corrected chi connectivity index (χ4v) is 5.97. The molecule has 0 spiro atoms. The van der Waals surface area contributed by atoms with Crippen LogP contribution < -0.4 is 4.90 Å². The van der Waals surface area contributed by atoms with Crippen LogP contribution >= 0.6 is 0 Å². The molecule has 2 heteroatoms. The lowest BCUT2D eigenvalue weighted by atomic mass is 10.0. The maximum absolute atomic E-state index is 6.06. The average molecular weight is 538 g/mol. The highest BCUT2D eigenvalue weighted by Gasteiger charge is 2.16. The lowest BCUT2D eigenvalue weighted by molar-refractivity contribution is 0.669. The van der Waals surface area contributed by atoms with E-state index in [9.17, 15) is 0 Å². The third kappa shape index (κ3) is 4.22. The Bertz CT molecular complexity index is 2170. The number of furan rings is 1. The zero-order chi connectivity index (χ0) is 27.9. The lowest BCUT2D eigenvalue weighted by Gasteiger charge is -2.27. The molecule has 198 valence electrons.